The van der Waals surface area contributed by atoms with Gasteiger partial charge in [0.2, 0.25) is 10.0 Å². The lowest BCUT2D eigenvalue weighted by Crippen LogP contribution is -2.29. The lowest BCUT2D eigenvalue weighted by Gasteiger charge is -2.24. The molecule has 2 aromatic carbocycles. The summed E-state index contributed by atoms with van der Waals surface area (Å²) in [7, 11) is -2.00. The molecule has 0 radical (unpaired) electrons. The molecule has 1 amide bonds. The van der Waals surface area contributed by atoms with Crippen molar-refractivity contribution >= 4 is 27.3 Å². The summed E-state index contributed by atoms with van der Waals surface area (Å²) in [5, 5.41) is 2.81. The van der Waals surface area contributed by atoms with Gasteiger partial charge in [-0.15, -0.1) is 0 Å². The van der Waals surface area contributed by atoms with Crippen molar-refractivity contribution in [3.05, 3.63) is 53.6 Å². The molecule has 8 heteroatoms. The predicted octanol–water partition coefficient (Wildman–Crippen LogP) is 3.55. The first-order chi connectivity index (χ1) is 13.6. The maximum atomic E-state index is 12.6. The molecule has 0 atom stereocenters. The number of nitrogens with zero attached hydrogens (tertiary/aromatic N) is 1. The molecular weight excluding hydrogens is 390 g/mol. The van der Waals surface area contributed by atoms with Crippen LogP contribution in [0.1, 0.15) is 36.7 Å². The Labute approximate surface area is 173 Å². The van der Waals surface area contributed by atoms with E-state index in [1.807, 2.05) is 12.1 Å². The number of rotatable bonds is 9. The number of benzene rings is 2. The fourth-order valence-electron chi connectivity index (χ4n) is 2.91. The molecule has 0 spiro atoms. The number of hydrogen-bond donors (Lipinski definition) is 2. The van der Waals surface area contributed by atoms with Crippen molar-refractivity contribution in [1.29, 1.82) is 0 Å². The summed E-state index contributed by atoms with van der Waals surface area (Å²) in [6.07, 6.45) is 1.06. The third-order valence-electron chi connectivity index (χ3n) is 4.49. The van der Waals surface area contributed by atoms with Gasteiger partial charge in [-0.25, -0.2) is 8.42 Å². The third-order valence-corrected chi connectivity index (χ3v) is 5.08. The Morgan fingerprint density at radius 1 is 1.14 bits per heavy atom. The highest BCUT2D eigenvalue weighted by Crippen LogP contribution is 2.29. The summed E-state index contributed by atoms with van der Waals surface area (Å²) in [6, 6.07) is 12.7. The summed E-state index contributed by atoms with van der Waals surface area (Å²) in [4.78, 5) is 14.9. The number of amides is 1. The van der Waals surface area contributed by atoms with E-state index in [9.17, 15) is 13.2 Å². The molecule has 0 bridgehead atoms. The van der Waals surface area contributed by atoms with Crippen LogP contribution in [0.2, 0.25) is 0 Å². The topological polar surface area (TPSA) is 87.7 Å². The van der Waals surface area contributed by atoms with E-state index in [2.05, 4.69) is 35.7 Å². The Bertz CT molecular complexity index is 941. The van der Waals surface area contributed by atoms with Gasteiger partial charge in [-0.05, 0) is 50.2 Å². The number of anilines is 2. The van der Waals surface area contributed by atoms with E-state index in [1.165, 1.54) is 7.11 Å². The van der Waals surface area contributed by atoms with Crippen molar-refractivity contribution in [2.24, 2.45) is 0 Å². The van der Waals surface area contributed by atoms with Crippen molar-refractivity contribution in [3.63, 3.8) is 0 Å². The average molecular weight is 420 g/mol. The molecule has 0 saturated carbocycles. The number of carbonyl (C=O) groups is 1. The number of nitrogens with one attached hydrogen (secondary N) is 2. The van der Waals surface area contributed by atoms with Gasteiger partial charge < -0.3 is 10.1 Å². The molecule has 0 heterocycles. The van der Waals surface area contributed by atoms with Crippen molar-refractivity contribution < 1.29 is 17.9 Å². The van der Waals surface area contributed by atoms with Crippen molar-refractivity contribution in [2.75, 3.05) is 29.9 Å². The largest absolute Gasteiger partial charge is 0.494 e. The highest BCUT2D eigenvalue weighted by molar-refractivity contribution is 7.92. The summed E-state index contributed by atoms with van der Waals surface area (Å²) < 4.78 is 30.5. The standard InChI is InChI=1S/C21H29N3O4S/c1-6-24(15(2)3)14-16-7-9-17(10-8-16)21(25)22-18-11-12-19(20(13-18)28-4)23-29(5,26)27/h7-13,15,23H,6,14H2,1-5H3,(H,22,25). The molecule has 2 N–H and O–H groups in total. The Hall–Kier alpha value is -2.58. The maximum Gasteiger partial charge on any atom is 0.255 e. The van der Waals surface area contributed by atoms with Crippen LogP contribution in [0.5, 0.6) is 5.75 Å². The molecule has 0 aliphatic rings. The number of carbonyl (C=O) groups excluding carboxylic acids is 1. The van der Waals surface area contributed by atoms with Gasteiger partial charge in [-0.3, -0.25) is 14.4 Å². The second-order valence-electron chi connectivity index (χ2n) is 7.10. The molecule has 29 heavy (non-hydrogen) atoms. The Morgan fingerprint density at radius 3 is 2.31 bits per heavy atom. The SMILES string of the molecule is CCN(Cc1ccc(C(=O)Nc2ccc(NS(C)(=O)=O)c(OC)c2)cc1)C(C)C. The lowest BCUT2D eigenvalue weighted by atomic mass is 10.1. The number of methoxy groups -OCH3 is 1. The number of hydrogen-bond acceptors (Lipinski definition) is 5. The van der Waals surface area contributed by atoms with Gasteiger partial charge in [0.25, 0.3) is 5.91 Å². The molecule has 0 saturated heterocycles. The second-order valence-corrected chi connectivity index (χ2v) is 8.85. The van der Waals surface area contributed by atoms with Crippen molar-refractivity contribution in [2.45, 2.75) is 33.4 Å². The van der Waals surface area contributed by atoms with Crippen LogP contribution < -0.4 is 14.8 Å². The van der Waals surface area contributed by atoms with Gasteiger partial charge in [-0.2, -0.15) is 0 Å². The zero-order valence-corrected chi connectivity index (χ0v) is 18.3. The van der Waals surface area contributed by atoms with Gasteiger partial charge in [0, 0.05) is 29.9 Å². The van der Waals surface area contributed by atoms with E-state index in [1.54, 1.807) is 30.3 Å². The number of ether oxygens (including phenoxy) is 1. The normalized spacial score (nSPS) is 11.6. The predicted molar refractivity (Wildman–Crippen MR) is 117 cm³/mol. The van der Waals surface area contributed by atoms with Crippen molar-refractivity contribution in [1.82, 2.24) is 4.90 Å². The van der Waals surface area contributed by atoms with Gasteiger partial charge in [-0.1, -0.05) is 19.1 Å². The van der Waals surface area contributed by atoms with Gasteiger partial charge >= 0.3 is 0 Å². The Kier molecular flexibility index (Phi) is 7.64. The summed E-state index contributed by atoms with van der Waals surface area (Å²) >= 11 is 0. The maximum absolute atomic E-state index is 12.6. The first kappa shape index (κ1) is 22.7. The third kappa shape index (κ3) is 6.76. The average Bonchev–Trinajstić information content (AvgIpc) is 2.66. The molecule has 158 valence electrons. The monoisotopic (exact) mass is 419 g/mol. The molecule has 7 nitrogen and oxygen atoms in total. The summed E-state index contributed by atoms with van der Waals surface area (Å²) in [5.74, 6) is 0.0653. The Balaban J connectivity index is 2.10. The minimum atomic E-state index is -3.43. The minimum Gasteiger partial charge on any atom is -0.494 e. The van der Waals surface area contributed by atoms with Crippen LogP contribution in [0.3, 0.4) is 0 Å². The van der Waals surface area contributed by atoms with E-state index >= 15 is 0 Å². The van der Waals surface area contributed by atoms with Crippen LogP contribution in [0.25, 0.3) is 0 Å². The first-order valence-corrected chi connectivity index (χ1v) is 11.3. The zero-order valence-electron chi connectivity index (χ0n) is 17.5. The van der Waals surface area contributed by atoms with Gasteiger partial charge in [0.15, 0.2) is 0 Å². The smallest absolute Gasteiger partial charge is 0.255 e. The highest BCUT2D eigenvalue weighted by atomic mass is 32.2. The van der Waals surface area contributed by atoms with Crippen LogP contribution in [-0.2, 0) is 16.6 Å². The molecule has 0 fully saturated rings. The second kappa shape index (κ2) is 9.76. The molecule has 0 unspecified atom stereocenters. The van der Waals surface area contributed by atoms with Crippen LogP contribution in [0.15, 0.2) is 42.5 Å². The van der Waals surface area contributed by atoms with E-state index in [-0.39, 0.29) is 5.91 Å². The van der Waals surface area contributed by atoms with Crippen LogP contribution in [0, 0.1) is 0 Å². The van der Waals surface area contributed by atoms with Crippen LogP contribution in [0.4, 0.5) is 11.4 Å². The number of sulfonamides is 1. The van der Waals surface area contributed by atoms with E-state index < -0.39 is 10.0 Å². The first-order valence-electron chi connectivity index (χ1n) is 9.43. The molecule has 2 rings (SSSR count). The zero-order chi connectivity index (χ0) is 21.6. The molecular formula is C21H29N3O4S. The summed E-state index contributed by atoms with van der Waals surface area (Å²) in [6.45, 7) is 8.26. The van der Waals surface area contributed by atoms with Crippen LogP contribution >= 0.6 is 0 Å². The fourth-order valence-corrected chi connectivity index (χ4v) is 3.48. The molecule has 0 aliphatic carbocycles. The summed E-state index contributed by atoms with van der Waals surface area (Å²) in [5.41, 5.74) is 2.50. The fraction of sp³-hybridized carbons (Fsp3) is 0.381. The minimum absolute atomic E-state index is 0.251. The molecule has 2 aromatic rings. The van der Waals surface area contributed by atoms with E-state index in [4.69, 9.17) is 4.74 Å². The van der Waals surface area contributed by atoms with Crippen LogP contribution in [-0.4, -0.2) is 45.2 Å². The lowest BCUT2D eigenvalue weighted by molar-refractivity contribution is 0.102. The quantitative estimate of drug-likeness (QED) is 0.649. The molecule has 0 aliphatic heterocycles. The van der Waals surface area contributed by atoms with Gasteiger partial charge in [0.1, 0.15) is 5.75 Å². The van der Waals surface area contributed by atoms with Gasteiger partial charge in [0.05, 0.1) is 19.1 Å². The Morgan fingerprint density at radius 2 is 1.79 bits per heavy atom. The highest BCUT2D eigenvalue weighted by Gasteiger charge is 2.12. The van der Waals surface area contributed by atoms with E-state index in [0.29, 0.717) is 28.7 Å². The molecule has 0 aromatic heterocycles. The van der Waals surface area contributed by atoms with E-state index in [0.717, 1.165) is 24.9 Å². The van der Waals surface area contributed by atoms with Crippen molar-refractivity contribution in [3.8, 4) is 5.75 Å².